The molecule has 0 radical (unpaired) electrons. The lowest BCUT2D eigenvalue weighted by molar-refractivity contribution is -0.253. The summed E-state index contributed by atoms with van der Waals surface area (Å²) in [5.74, 6) is -0.707. The fourth-order valence-corrected chi connectivity index (χ4v) is 1.44. The Morgan fingerprint density at radius 3 is 2.67 bits per heavy atom. The highest BCUT2D eigenvalue weighted by molar-refractivity contribution is 5.73. The average Bonchev–Trinajstić information content (AvgIpc) is 2.28. The van der Waals surface area contributed by atoms with Crippen molar-refractivity contribution in [1.82, 2.24) is 5.32 Å². The third kappa shape index (κ3) is 2.64. The lowest BCUT2D eigenvalue weighted by Gasteiger charge is -2.40. The average molecular weight is 222 g/mol. The van der Waals surface area contributed by atoms with E-state index in [2.05, 4.69) is 5.32 Å². The van der Waals surface area contributed by atoms with Crippen LogP contribution in [-0.4, -0.2) is 63.6 Å². The molecule has 1 aliphatic rings. The second-order valence-electron chi connectivity index (χ2n) is 3.32. The number of hydrogen-bond donors (Lipinski definition) is 5. The maximum atomic E-state index is 10.9. The van der Waals surface area contributed by atoms with Crippen LogP contribution in [0.3, 0.4) is 0 Å². The first-order valence-electron chi connectivity index (χ1n) is 5.11. The summed E-state index contributed by atoms with van der Waals surface area (Å²) in [7, 11) is 0. The van der Waals surface area contributed by atoms with Gasteiger partial charge in [-0.05, 0) is 0 Å². The summed E-state index contributed by atoms with van der Waals surface area (Å²) < 4.78 is 11.6. The van der Waals surface area contributed by atoms with Gasteiger partial charge >= 0.3 is 0 Å². The number of carbonyl (C=O) groups is 1. The van der Waals surface area contributed by atoms with Crippen LogP contribution in [0.2, 0.25) is 0 Å². The van der Waals surface area contributed by atoms with Gasteiger partial charge in [0.15, 0.2) is 6.29 Å². The Balaban J connectivity index is 2.67. The summed E-state index contributed by atoms with van der Waals surface area (Å²) >= 11 is 0. The van der Waals surface area contributed by atoms with Crippen molar-refractivity contribution in [2.75, 3.05) is 6.61 Å². The zero-order chi connectivity index (χ0) is 12.3. The molecular formula is C8H15NO6. The van der Waals surface area contributed by atoms with E-state index in [-0.39, 0.29) is 0 Å². The van der Waals surface area contributed by atoms with Crippen molar-refractivity contribution in [3.8, 4) is 0 Å². The number of aliphatic hydroxyl groups is 4. The Kier molecular flexibility index (Phi) is 3.49. The molecule has 1 heterocycles. The second-order valence-corrected chi connectivity index (χ2v) is 3.32. The summed E-state index contributed by atoms with van der Waals surface area (Å²) in [5.41, 5.74) is 0. The van der Waals surface area contributed by atoms with E-state index in [1.165, 1.54) is 0 Å². The monoisotopic (exact) mass is 222 g/mol. The summed E-state index contributed by atoms with van der Waals surface area (Å²) in [5, 5.41) is 39.4. The number of ether oxygens (including phenoxy) is 1. The van der Waals surface area contributed by atoms with Gasteiger partial charge in [0.25, 0.3) is 0 Å². The first kappa shape index (κ1) is 10.8. The number of amides is 1. The number of aliphatic hydroxyl groups excluding tert-OH is 4. The first-order chi connectivity index (χ1) is 7.51. The maximum Gasteiger partial charge on any atom is 0.217 e. The van der Waals surface area contributed by atoms with Crippen LogP contribution in [0.5, 0.6) is 0 Å². The van der Waals surface area contributed by atoms with Gasteiger partial charge in [0.05, 0.1) is 6.61 Å². The largest absolute Gasteiger partial charge is 0.394 e. The molecular weight excluding hydrogens is 206 g/mol. The maximum absolute atomic E-state index is 10.9. The molecule has 0 bridgehead atoms. The molecule has 5 atom stereocenters. The molecule has 1 amide bonds. The number of hydrogen-bond acceptors (Lipinski definition) is 6. The molecule has 1 saturated heterocycles. The Morgan fingerprint density at radius 1 is 1.47 bits per heavy atom. The van der Waals surface area contributed by atoms with Gasteiger partial charge in [-0.25, -0.2) is 0 Å². The molecule has 1 aliphatic heterocycles. The van der Waals surface area contributed by atoms with Crippen LogP contribution in [0.25, 0.3) is 0 Å². The fraction of sp³-hybridized carbons (Fsp3) is 0.875. The standard InChI is InChI=1S/C8H15NO6/c1-3(11)9-5-7(13)6(12)4(2-10)15-8(5)14/h4-8,10,12-14H,2H2,1H3,(H,9,11)/t4-,5-,6-,7-,8-/m1/s1/i1D. The van der Waals surface area contributed by atoms with E-state index in [0.29, 0.717) is 0 Å². The Hall–Kier alpha value is -0.730. The lowest BCUT2D eigenvalue weighted by Crippen LogP contribution is -2.63. The van der Waals surface area contributed by atoms with Crippen LogP contribution < -0.4 is 5.32 Å². The zero-order valence-electron chi connectivity index (χ0n) is 8.91. The smallest absolute Gasteiger partial charge is 0.217 e. The van der Waals surface area contributed by atoms with Crippen molar-refractivity contribution in [2.45, 2.75) is 37.5 Å². The molecule has 0 aliphatic carbocycles. The highest BCUT2D eigenvalue weighted by Gasteiger charge is 2.43. The molecule has 88 valence electrons. The van der Waals surface area contributed by atoms with Crippen molar-refractivity contribution in [2.24, 2.45) is 0 Å². The molecule has 1 rings (SSSR count). The van der Waals surface area contributed by atoms with Crippen molar-refractivity contribution in [3.05, 3.63) is 0 Å². The SMILES string of the molecule is [2H]CC(=O)N[C@@H]1[C@@H](O)[C@H](O)[C@@H](CO)O[C@H]1O. The van der Waals surface area contributed by atoms with Crippen molar-refractivity contribution >= 4 is 5.91 Å². The van der Waals surface area contributed by atoms with Crippen LogP contribution >= 0.6 is 0 Å². The van der Waals surface area contributed by atoms with Gasteiger partial charge in [-0.3, -0.25) is 4.79 Å². The van der Waals surface area contributed by atoms with Crippen LogP contribution in [0.1, 0.15) is 8.27 Å². The third-order valence-electron chi connectivity index (χ3n) is 2.23. The van der Waals surface area contributed by atoms with E-state index in [4.69, 9.17) is 11.2 Å². The summed E-state index contributed by atoms with van der Waals surface area (Å²) in [6, 6.07) is -1.21. The van der Waals surface area contributed by atoms with Gasteiger partial charge in [0.2, 0.25) is 5.91 Å². The molecule has 15 heavy (non-hydrogen) atoms. The van der Waals surface area contributed by atoms with Crippen LogP contribution in [0.15, 0.2) is 0 Å². The van der Waals surface area contributed by atoms with E-state index in [1.54, 1.807) is 0 Å². The van der Waals surface area contributed by atoms with Gasteiger partial charge in [-0.15, -0.1) is 0 Å². The third-order valence-corrected chi connectivity index (χ3v) is 2.23. The summed E-state index contributed by atoms with van der Waals surface area (Å²) in [6.07, 6.45) is -5.51. The minimum Gasteiger partial charge on any atom is -0.394 e. The predicted octanol–water partition coefficient (Wildman–Crippen LogP) is -3.08. The Labute approximate surface area is 87.7 Å². The zero-order valence-corrected chi connectivity index (χ0v) is 7.91. The minimum absolute atomic E-state index is 0.560. The molecule has 0 unspecified atom stereocenters. The van der Waals surface area contributed by atoms with Gasteiger partial charge in [0, 0.05) is 8.27 Å². The normalized spacial score (nSPS) is 42.1. The molecule has 0 aromatic heterocycles. The van der Waals surface area contributed by atoms with Gasteiger partial charge in [0.1, 0.15) is 24.4 Å². The molecule has 0 spiro atoms. The Bertz CT molecular complexity index is 253. The predicted molar refractivity (Wildman–Crippen MR) is 47.6 cm³/mol. The van der Waals surface area contributed by atoms with Gasteiger partial charge in [-0.2, -0.15) is 0 Å². The van der Waals surface area contributed by atoms with Crippen molar-refractivity contribution < 1.29 is 31.3 Å². The lowest BCUT2D eigenvalue weighted by atomic mass is 9.97. The molecule has 7 heteroatoms. The number of carbonyl (C=O) groups excluding carboxylic acids is 1. The number of rotatable bonds is 2. The van der Waals surface area contributed by atoms with E-state index >= 15 is 0 Å². The molecule has 0 aromatic rings. The Morgan fingerprint density at radius 2 is 2.13 bits per heavy atom. The van der Waals surface area contributed by atoms with E-state index in [9.17, 15) is 20.1 Å². The molecule has 1 fully saturated rings. The van der Waals surface area contributed by atoms with E-state index in [0.717, 1.165) is 0 Å². The summed E-state index contributed by atoms with van der Waals surface area (Å²) in [6.45, 7) is -1.12. The van der Waals surface area contributed by atoms with E-state index in [1.807, 2.05) is 0 Å². The topological polar surface area (TPSA) is 119 Å². The summed E-state index contributed by atoms with van der Waals surface area (Å²) in [4.78, 5) is 10.9. The second kappa shape index (κ2) is 4.86. The molecule has 7 nitrogen and oxygen atoms in total. The number of nitrogens with one attached hydrogen (secondary N) is 1. The quantitative estimate of drug-likeness (QED) is 0.338. The molecule has 5 N–H and O–H groups in total. The first-order valence-corrected chi connectivity index (χ1v) is 4.40. The van der Waals surface area contributed by atoms with Crippen molar-refractivity contribution in [3.63, 3.8) is 0 Å². The van der Waals surface area contributed by atoms with E-state index < -0.39 is 50.1 Å². The molecule has 0 aromatic carbocycles. The van der Waals surface area contributed by atoms with Crippen LogP contribution in [-0.2, 0) is 9.53 Å². The van der Waals surface area contributed by atoms with Gasteiger partial charge < -0.3 is 30.5 Å². The van der Waals surface area contributed by atoms with Crippen LogP contribution in [0.4, 0.5) is 0 Å². The fourth-order valence-electron chi connectivity index (χ4n) is 1.44. The minimum atomic E-state index is -1.54. The van der Waals surface area contributed by atoms with Gasteiger partial charge in [-0.1, -0.05) is 0 Å². The highest BCUT2D eigenvalue weighted by Crippen LogP contribution is 2.19. The molecule has 0 saturated carbocycles. The highest BCUT2D eigenvalue weighted by atomic mass is 16.6. The van der Waals surface area contributed by atoms with Crippen molar-refractivity contribution in [1.29, 1.82) is 0 Å². The van der Waals surface area contributed by atoms with Crippen LogP contribution in [0, 0.1) is 0 Å².